The zero-order chi connectivity index (χ0) is 22.5. The molecule has 1 aromatic carbocycles. The standard InChI is InChI=1S/C21H23F3N2O4S/c22-21(23,24)30-16-6-4-14(5-7-16)19-26-15(12-31-19)10-17(27)25-13-20(11-18(28)29)8-2-1-3-9-20/h4-7,12H,1-3,8-11,13H2,(H,25,27)(H,28,29). The highest BCUT2D eigenvalue weighted by molar-refractivity contribution is 7.13. The molecular weight excluding hydrogens is 433 g/mol. The van der Waals surface area contributed by atoms with Crippen LogP contribution in [0.3, 0.4) is 0 Å². The first-order chi connectivity index (χ1) is 14.6. The van der Waals surface area contributed by atoms with E-state index in [4.69, 9.17) is 0 Å². The van der Waals surface area contributed by atoms with E-state index in [1.54, 1.807) is 5.38 Å². The number of carbonyl (C=O) groups excluding carboxylic acids is 1. The van der Waals surface area contributed by atoms with Crippen molar-refractivity contribution in [3.63, 3.8) is 0 Å². The molecule has 3 rings (SSSR count). The Morgan fingerprint density at radius 1 is 1.16 bits per heavy atom. The smallest absolute Gasteiger partial charge is 0.481 e. The minimum atomic E-state index is -4.75. The molecule has 2 N–H and O–H groups in total. The second kappa shape index (κ2) is 9.67. The first-order valence-corrected chi connectivity index (χ1v) is 10.8. The van der Waals surface area contributed by atoms with Crippen LogP contribution >= 0.6 is 11.3 Å². The van der Waals surface area contributed by atoms with E-state index in [2.05, 4.69) is 15.0 Å². The molecule has 10 heteroatoms. The van der Waals surface area contributed by atoms with E-state index < -0.39 is 17.7 Å². The number of hydrogen-bond acceptors (Lipinski definition) is 5. The molecule has 1 heterocycles. The number of nitrogens with zero attached hydrogens (tertiary/aromatic N) is 1. The molecule has 0 bridgehead atoms. The van der Waals surface area contributed by atoms with E-state index in [9.17, 15) is 27.9 Å². The van der Waals surface area contributed by atoms with Gasteiger partial charge in [0.25, 0.3) is 0 Å². The van der Waals surface area contributed by atoms with Crippen LogP contribution in [0.15, 0.2) is 29.6 Å². The summed E-state index contributed by atoms with van der Waals surface area (Å²) in [5.41, 5.74) is 0.769. The summed E-state index contributed by atoms with van der Waals surface area (Å²) in [6.07, 6.45) is -0.0685. The number of aromatic nitrogens is 1. The van der Waals surface area contributed by atoms with Crippen LogP contribution in [-0.4, -0.2) is 34.9 Å². The number of aliphatic carboxylic acids is 1. The highest BCUT2D eigenvalue weighted by Gasteiger charge is 2.34. The van der Waals surface area contributed by atoms with Crippen LogP contribution in [0.1, 0.15) is 44.2 Å². The fraction of sp³-hybridized carbons (Fsp3) is 0.476. The van der Waals surface area contributed by atoms with Crippen molar-refractivity contribution in [3.8, 4) is 16.3 Å². The van der Waals surface area contributed by atoms with Crippen molar-refractivity contribution in [2.45, 2.75) is 51.3 Å². The average Bonchev–Trinajstić information content (AvgIpc) is 3.14. The lowest BCUT2D eigenvalue weighted by molar-refractivity contribution is -0.274. The molecule has 0 radical (unpaired) electrons. The Bertz CT molecular complexity index is 906. The first kappa shape index (κ1) is 23.1. The summed E-state index contributed by atoms with van der Waals surface area (Å²) in [5, 5.41) is 14.4. The summed E-state index contributed by atoms with van der Waals surface area (Å²) in [6.45, 7) is 0.329. The van der Waals surface area contributed by atoms with Gasteiger partial charge in [-0.15, -0.1) is 24.5 Å². The van der Waals surface area contributed by atoms with Crippen LogP contribution in [-0.2, 0) is 16.0 Å². The predicted octanol–water partition coefficient (Wildman–Crippen LogP) is 4.79. The van der Waals surface area contributed by atoms with Crippen LogP contribution in [0.25, 0.3) is 10.6 Å². The number of rotatable bonds is 8. The van der Waals surface area contributed by atoms with Crippen molar-refractivity contribution in [2.24, 2.45) is 5.41 Å². The fourth-order valence-corrected chi connectivity index (χ4v) is 4.70. The number of hydrogen-bond donors (Lipinski definition) is 2. The molecule has 0 unspecified atom stereocenters. The van der Waals surface area contributed by atoms with Gasteiger partial charge in [0.2, 0.25) is 5.91 Å². The third-order valence-electron chi connectivity index (χ3n) is 5.33. The summed E-state index contributed by atoms with van der Waals surface area (Å²) >= 11 is 1.29. The Kier molecular flexibility index (Phi) is 7.19. The van der Waals surface area contributed by atoms with Crippen molar-refractivity contribution in [1.29, 1.82) is 0 Å². The zero-order valence-electron chi connectivity index (χ0n) is 16.7. The number of carbonyl (C=O) groups is 2. The van der Waals surface area contributed by atoms with Crippen LogP contribution in [0, 0.1) is 5.41 Å². The van der Waals surface area contributed by atoms with Gasteiger partial charge in [-0.1, -0.05) is 19.3 Å². The normalized spacial score (nSPS) is 16.0. The molecular formula is C21H23F3N2O4S. The van der Waals surface area contributed by atoms with Gasteiger partial charge < -0.3 is 15.2 Å². The van der Waals surface area contributed by atoms with Gasteiger partial charge in [-0.2, -0.15) is 0 Å². The fourth-order valence-electron chi connectivity index (χ4n) is 3.87. The van der Waals surface area contributed by atoms with Gasteiger partial charge in [0.05, 0.1) is 18.5 Å². The molecule has 1 saturated carbocycles. The van der Waals surface area contributed by atoms with Crippen molar-refractivity contribution in [3.05, 3.63) is 35.3 Å². The lowest BCUT2D eigenvalue weighted by atomic mass is 9.71. The highest BCUT2D eigenvalue weighted by atomic mass is 32.1. The molecule has 1 aliphatic carbocycles. The number of amides is 1. The third-order valence-corrected chi connectivity index (χ3v) is 6.27. The number of alkyl halides is 3. The Morgan fingerprint density at radius 2 is 1.84 bits per heavy atom. The minimum Gasteiger partial charge on any atom is -0.481 e. The van der Waals surface area contributed by atoms with E-state index in [1.807, 2.05) is 0 Å². The van der Waals surface area contributed by atoms with E-state index in [1.165, 1.54) is 35.6 Å². The summed E-state index contributed by atoms with van der Waals surface area (Å²) < 4.78 is 40.6. The maximum Gasteiger partial charge on any atom is 0.573 e. The van der Waals surface area contributed by atoms with Gasteiger partial charge in [-0.3, -0.25) is 9.59 Å². The average molecular weight is 456 g/mol. The molecule has 1 amide bonds. The van der Waals surface area contributed by atoms with Crippen LogP contribution in [0.5, 0.6) is 5.75 Å². The molecule has 0 spiro atoms. The zero-order valence-corrected chi connectivity index (χ0v) is 17.5. The van der Waals surface area contributed by atoms with Crippen molar-refractivity contribution < 1.29 is 32.6 Å². The largest absolute Gasteiger partial charge is 0.573 e. The van der Waals surface area contributed by atoms with Gasteiger partial charge in [-0.05, 0) is 42.5 Å². The molecule has 0 saturated heterocycles. The van der Waals surface area contributed by atoms with Crippen LogP contribution < -0.4 is 10.1 Å². The predicted molar refractivity (Wildman–Crippen MR) is 109 cm³/mol. The number of halogens is 3. The molecule has 1 aliphatic rings. The van der Waals surface area contributed by atoms with Gasteiger partial charge >= 0.3 is 12.3 Å². The molecule has 31 heavy (non-hydrogen) atoms. The molecule has 1 fully saturated rings. The van der Waals surface area contributed by atoms with Gasteiger partial charge in [-0.25, -0.2) is 4.98 Å². The third kappa shape index (κ3) is 6.95. The second-order valence-corrected chi connectivity index (χ2v) is 8.66. The van der Waals surface area contributed by atoms with Crippen molar-refractivity contribution in [1.82, 2.24) is 10.3 Å². The lowest BCUT2D eigenvalue weighted by Crippen LogP contribution is -2.41. The molecule has 168 valence electrons. The molecule has 0 aliphatic heterocycles. The highest BCUT2D eigenvalue weighted by Crippen LogP contribution is 2.38. The minimum absolute atomic E-state index is 0.0438. The SMILES string of the molecule is O=C(O)CC1(CNC(=O)Cc2csc(-c3ccc(OC(F)(F)F)cc3)n2)CCCCC1. The molecule has 2 aromatic rings. The van der Waals surface area contributed by atoms with E-state index in [0.717, 1.165) is 32.1 Å². The first-order valence-electron chi connectivity index (χ1n) is 9.93. The molecule has 6 nitrogen and oxygen atoms in total. The van der Waals surface area contributed by atoms with E-state index in [-0.39, 0.29) is 24.5 Å². The van der Waals surface area contributed by atoms with Gasteiger partial charge in [0.15, 0.2) is 0 Å². The lowest BCUT2D eigenvalue weighted by Gasteiger charge is -2.36. The van der Waals surface area contributed by atoms with E-state index >= 15 is 0 Å². The maximum atomic E-state index is 12.4. The van der Waals surface area contributed by atoms with Gasteiger partial charge in [0.1, 0.15) is 10.8 Å². The van der Waals surface area contributed by atoms with Gasteiger partial charge in [0, 0.05) is 17.5 Å². The molecule has 0 atom stereocenters. The molecule has 1 aromatic heterocycles. The quantitative estimate of drug-likeness (QED) is 0.596. The topological polar surface area (TPSA) is 88.5 Å². The summed E-state index contributed by atoms with van der Waals surface area (Å²) in [5.74, 6) is -1.40. The Balaban J connectivity index is 1.56. The number of carboxylic acids is 1. The monoisotopic (exact) mass is 456 g/mol. The number of benzene rings is 1. The summed E-state index contributed by atoms with van der Waals surface area (Å²) in [4.78, 5) is 28.0. The Labute approximate surface area is 181 Å². The number of thiazole rings is 1. The number of nitrogens with one attached hydrogen (secondary N) is 1. The summed E-state index contributed by atoms with van der Waals surface area (Å²) in [6, 6.07) is 5.37. The van der Waals surface area contributed by atoms with Crippen LogP contribution in [0.4, 0.5) is 13.2 Å². The van der Waals surface area contributed by atoms with Crippen molar-refractivity contribution >= 4 is 23.2 Å². The Hall–Kier alpha value is -2.62. The number of ether oxygens (including phenoxy) is 1. The maximum absolute atomic E-state index is 12.4. The second-order valence-electron chi connectivity index (χ2n) is 7.80. The summed E-state index contributed by atoms with van der Waals surface area (Å²) in [7, 11) is 0. The van der Waals surface area contributed by atoms with Crippen LogP contribution in [0.2, 0.25) is 0 Å². The van der Waals surface area contributed by atoms with E-state index in [0.29, 0.717) is 22.8 Å². The Morgan fingerprint density at radius 3 is 2.45 bits per heavy atom. The van der Waals surface area contributed by atoms with Crippen molar-refractivity contribution in [2.75, 3.05) is 6.54 Å². The number of carboxylic acid groups (broad SMARTS) is 1.